The Morgan fingerprint density at radius 1 is 1.40 bits per heavy atom. The SMILES string of the molecule is CCc1ccc(C(=O)NCc2cc(C#CCN)cs2)s1. The van der Waals surface area contributed by atoms with Crippen LogP contribution in [0.15, 0.2) is 23.6 Å². The van der Waals surface area contributed by atoms with Crippen molar-refractivity contribution in [1.82, 2.24) is 5.32 Å². The lowest BCUT2D eigenvalue weighted by Gasteiger charge is -2.00. The molecular weight excluding hydrogens is 288 g/mol. The van der Waals surface area contributed by atoms with Gasteiger partial charge in [-0.15, -0.1) is 22.7 Å². The predicted octanol–water partition coefficient (Wildman–Crippen LogP) is 2.61. The van der Waals surface area contributed by atoms with E-state index in [0.717, 1.165) is 21.7 Å². The molecule has 5 heteroatoms. The lowest BCUT2D eigenvalue weighted by atomic mass is 10.3. The highest BCUT2D eigenvalue weighted by molar-refractivity contribution is 7.14. The number of nitrogens with one attached hydrogen (secondary N) is 1. The summed E-state index contributed by atoms with van der Waals surface area (Å²) >= 11 is 3.14. The molecule has 0 aliphatic rings. The van der Waals surface area contributed by atoms with Crippen molar-refractivity contribution >= 4 is 28.6 Å². The smallest absolute Gasteiger partial charge is 0.261 e. The summed E-state index contributed by atoms with van der Waals surface area (Å²) in [4.78, 5) is 15.1. The first kappa shape index (κ1) is 14.8. The van der Waals surface area contributed by atoms with Crippen molar-refractivity contribution in [3.63, 3.8) is 0 Å². The monoisotopic (exact) mass is 304 g/mol. The molecule has 0 unspecified atom stereocenters. The Hall–Kier alpha value is -1.61. The van der Waals surface area contributed by atoms with Crippen molar-refractivity contribution in [2.75, 3.05) is 6.54 Å². The van der Waals surface area contributed by atoms with Crippen LogP contribution >= 0.6 is 22.7 Å². The Kier molecular flexibility index (Phi) is 5.36. The van der Waals surface area contributed by atoms with E-state index in [-0.39, 0.29) is 5.91 Å². The first-order valence-electron chi connectivity index (χ1n) is 6.36. The van der Waals surface area contributed by atoms with Crippen molar-refractivity contribution < 1.29 is 4.79 Å². The van der Waals surface area contributed by atoms with E-state index >= 15 is 0 Å². The zero-order valence-corrected chi connectivity index (χ0v) is 12.9. The average molecular weight is 304 g/mol. The van der Waals surface area contributed by atoms with Crippen LogP contribution in [-0.4, -0.2) is 12.5 Å². The van der Waals surface area contributed by atoms with E-state index in [0.29, 0.717) is 13.1 Å². The highest BCUT2D eigenvalue weighted by Gasteiger charge is 2.08. The fraction of sp³-hybridized carbons (Fsp3) is 0.267. The molecule has 2 aromatic rings. The maximum Gasteiger partial charge on any atom is 0.261 e. The van der Waals surface area contributed by atoms with Gasteiger partial charge in [0.1, 0.15) is 0 Å². The molecule has 0 aliphatic carbocycles. The molecule has 2 heterocycles. The first-order chi connectivity index (χ1) is 9.72. The Bertz CT molecular complexity index is 646. The summed E-state index contributed by atoms with van der Waals surface area (Å²) in [6.07, 6.45) is 0.964. The van der Waals surface area contributed by atoms with E-state index in [9.17, 15) is 4.79 Å². The molecule has 0 bridgehead atoms. The maximum atomic E-state index is 12.0. The molecule has 20 heavy (non-hydrogen) atoms. The van der Waals surface area contributed by atoms with Gasteiger partial charge < -0.3 is 11.1 Å². The van der Waals surface area contributed by atoms with E-state index in [1.165, 1.54) is 4.88 Å². The second kappa shape index (κ2) is 7.25. The van der Waals surface area contributed by atoms with Crippen molar-refractivity contribution in [2.45, 2.75) is 19.9 Å². The molecule has 0 aromatic carbocycles. The van der Waals surface area contributed by atoms with Crippen LogP contribution in [0.3, 0.4) is 0 Å². The number of thiophene rings is 2. The number of aryl methyl sites for hydroxylation is 1. The van der Waals surface area contributed by atoms with Crippen LogP contribution in [0.2, 0.25) is 0 Å². The summed E-state index contributed by atoms with van der Waals surface area (Å²) in [7, 11) is 0. The Morgan fingerprint density at radius 3 is 2.95 bits per heavy atom. The van der Waals surface area contributed by atoms with Crippen molar-refractivity contribution in [3.05, 3.63) is 43.8 Å². The van der Waals surface area contributed by atoms with Gasteiger partial charge in [-0.3, -0.25) is 4.79 Å². The normalized spacial score (nSPS) is 9.90. The van der Waals surface area contributed by atoms with E-state index in [1.807, 2.05) is 23.6 Å². The zero-order valence-electron chi connectivity index (χ0n) is 11.2. The minimum atomic E-state index is -0.0160. The molecule has 0 saturated heterocycles. The predicted molar refractivity (Wildman–Crippen MR) is 85.1 cm³/mol. The van der Waals surface area contributed by atoms with Gasteiger partial charge in [0.25, 0.3) is 5.91 Å². The number of carbonyl (C=O) groups excluding carboxylic acids is 1. The van der Waals surface area contributed by atoms with E-state index in [2.05, 4.69) is 24.1 Å². The molecule has 0 fully saturated rings. The van der Waals surface area contributed by atoms with Crippen LogP contribution in [0.1, 0.15) is 31.9 Å². The number of carbonyl (C=O) groups is 1. The standard InChI is InChI=1S/C15H16N2OS2/c1-2-12-5-6-14(20-12)15(18)17-9-13-8-11(10-19-13)4-3-7-16/h5-6,8,10H,2,7,9,16H2,1H3,(H,17,18). The summed E-state index contributed by atoms with van der Waals surface area (Å²) in [5, 5.41) is 4.91. The summed E-state index contributed by atoms with van der Waals surface area (Å²) < 4.78 is 0. The first-order valence-corrected chi connectivity index (χ1v) is 8.05. The number of nitrogens with two attached hydrogens (primary N) is 1. The Labute approximate surface area is 126 Å². The van der Waals surface area contributed by atoms with Crippen molar-refractivity contribution in [2.24, 2.45) is 5.73 Å². The number of rotatable bonds is 4. The molecule has 0 saturated carbocycles. The second-order valence-corrected chi connectivity index (χ2v) is 6.27. The molecule has 0 atom stereocenters. The Balaban J connectivity index is 1.91. The van der Waals surface area contributed by atoms with Gasteiger partial charge in [-0.2, -0.15) is 0 Å². The topological polar surface area (TPSA) is 55.1 Å². The molecule has 3 N–H and O–H groups in total. The summed E-state index contributed by atoms with van der Waals surface area (Å²) in [5.41, 5.74) is 6.29. The largest absolute Gasteiger partial charge is 0.346 e. The molecule has 0 radical (unpaired) electrons. The highest BCUT2D eigenvalue weighted by atomic mass is 32.1. The van der Waals surface area contributed by atoms with Crippen LogP contribution in [0.25, 0.3) is 0 Å². The molecule has 2 rings (SSSR count). The van der Waals surface area contributed by atoms with Crippen LogP contribution in [0.4, 0.5) is 0 Å². The molecule has 3 nitrogen and oxygen atoms in total. The van der Waals surface area contributed by atoms with Crippen LogP contribution in [0.5, 0.6) is 0 Å². The molecule has 104 valence electrons. The van der Waals surface area contributed by atoms with Gasteiger partial charge in [0.15, 0.2) is 0 Å². The second-order valence-electron chi connectivity index (χ2n) is 4.11. The van der Waals surface area contributed by atoms with Gasteiger partial charge in [0.2, 0.25) is 0 Å². The third-order valence-electron chi connectivity index (χ3n) is 2.65. The van der Waals surface area contributed by atoms with E-state index < -0.39 is 0 Å². The fourth-order valence-corrected chi connectivity index (χ4v) is 3.26. The van der Waals surface area contributed by atoms with Gasteiger partial charge in [-0.1, -0.05) is 18.8 Å². The molecular formula is C15H16N2OS2. The fourth-order valence-electron chi connectivity index (χ4n) is 1.64. The van der Waals surface area contributed by atoms with Crippen molar-refractivity contribution in [3.8, 4) is 11.8 Å². The maximum absolute atomic E-state index is 12.0. The van der Waals surface area contributed by atoms with Crippen LogP contribution in [-0.2, 0) is 13.0 Å². The lowest BCUT2D eigenvalue weighted by Crippen LogP contribution is -2.21. The number of amides is 1. The van der Waals surface area contributed by atoms with Gasteiger partial charge in [-0.05, 0) is 24.6 Å². The van der Waals surface area contributed by atoms with Gasteiger partial charge in [0.05, 0.1) is 18.0 Å². The van der Waals surface area contributed by atoms with Gasteiger partial charge in [0, 0.05) is 20.7 Å². The molecule has 2 aromatic heterocycles. The third-order valence-corrected chi connectivity index (χ3v) is 4.81. The highest BCUT2D eigenvalue weighted by Crippen LogP contribution is 2.18. The lowest BCUT2D eigenvalue weighted by molar-refractivity contribution is 0.0955. The molecule has 1 amide bonds. The molecule has 0 spiro atoms. The minimum absolute atomic E-state index is 0.0160. The van der Waals surface area contributed by atoms with E-state index in [4.69, 9.17) is 5.73 Å². The molecule has 0 aliphatic heterocycles. The van der Waals surface area contributed by atoms with E-state index in [1.54, 1.807) is 22.7 Å². The minimum Gasteiger partial charge on any atom is -0.346 e. The number of hydrogen-bond donors (Lipinski definition) is 2. The van der Waals surface area contributed by atoms with Gasteiger partial charge >= 0.3 is 0 Å². The summed E-state index contributed by atoms with van der Waals surface area (Å²) in [5.74, 6) is 5.78. The Morgan fingerprint density at radius 2 is 2.25 bits per heavy atom. The third kappa shape index (κ3) is 3.94. The summed E-state index contributed by atoms with van der Waals surface area (Å²) in [6, 6.07) is 5.87. The average Bonchev–Trinajstić information content (AvgIpc) is 3.11. The van der Waals surface area contributed by atoms with Gasteiger partial charge in [-0.25, -0.2) is 0 Å². The van der Waals surface area contributed by atoms with Crippen molar-refractivity contribution in [1.29, 1.82) is 0 Å². The van der Waals surface area contributed by atoms with Crippen LogP contribution in [0, 0.1) is 11.8 Å². The summed E-state index contributed by atoms with van der Waals surface area (Å²) in [6.45, 7) is 2.98. The zero-order chi connectivity index (χ0) is 14.4. The van der Waals surface area contributed by atoms with Crippen LogP contribution < -0.4 is 11.1 Å². The number of hydrogen-bond acceptors (Lipinski definition) is 4. The quantitative estimate of drug-likeness (QED) is 0.853.